The third-order valence-electron chi connectivity index (χ3n) is 5.41. The Morgan fingerprint density at radius 1 is 0.577 bits per heavy atom. The summed E-state index contributed by atoms with van der Waals surface area (Å²) in [6.07, 6.45) is 0. The molecule has 2 heteroatoms. The fourth-order valence-electron chi connectivity index (χ4n) is 4.16. The van der Waals surface area contributed by atoms with Gasteiger partial charge in [-0.05, 0) is 21.7 Å². The molecule has 0 atom stereocenters. The van der Waals surface area contributed by atoms with Gasteiger partial charge in [-0.3, -0.25) is 0 Å². The van der Waals surface area contributed by atoms with Crippen molar-refractivity contribution >= 4 is 27.2 Å². The lowest BCUT2D eigenvalue weighted by molar-refractivity contribution is 0.590. The SMILES string of the molecule is c1ccc2c(-c3ccc4ccccc4c3N3CCNCC3)cccc2c1. The topological polar surface area (TPSA) is 15.3 Å². The smallest absolute Gasteiger partial charge is 0.0526 e. The Kier molecular flexibility index (Phi) is 3.84. The molecule has 1 fully saturated rings. The Morgan fingerprint density at radius 3 is 2.04 bits per heavy atom. The van der Waals surface area contributed by atoms with Gasteiger partial charge in [0.05, 0.1) is 5.69 Å². The summed E-state index contributed by atoms with van der Waals surface area (Å²) in [7, 11) is 0. The normalized spacial score (nSPS) is 14.8. The third kappa shape index (κ3) is 2.54. The third-order valence-corrected chi connectivity index (χ3v) is 5.41. The number of fused-ring (bicyclic) bond motifs is 2. The van der Waals surface area contributed by atoms with Crippen molar-refractivity contribution in [1.82, 2.24) is 5.32 Å². The van der Waals surface area contributed by atoms with Crippen LogP contribution >= 0.6 is 0 Å². The van der Waals surface area contributed by atoms with Crippen molar-refractivity contribution in [1.29, 1.82) is 0 Å². The molecule has 1 heterocycles. The second-order valence-corrected chi connectivity index (χ2v) is 6.95. The van der Waals surface area contributed by atoms with Crippen LogP contribution in [0.3, 0.4) is 0 Å². The number of anilines is 1. The van der Waals surface area contributed by atoms with Gasteiger partial charge in [0.25, 0.3) is 0 Å². The molecule has 4 aromatic carbocycles. The number of benzene rings is 4. The van der Waals surface area contributed by atoms with Gasteiger partial charge in [-0.15, -0.1) is 0 Å². The van der Waals surface area contributed by atoms with Gasteiger partial charge in [-0.25, -0.2) is 0 Å². The van der Waals surface area contributed by atoms with Gasteiger partial charge < -0.3 is 10.2 Å². The Hall–Kier alpha value is -2.84. The Balaban J connectivity index is 1.82. The van der Waals surface area contributed by atoms with Crippen molar-refractivity contribution in [2.24, 2.45) is 0 Å². The van der Waals surface area contributed by atoms with Crippen molar-refractivity contribution in [3.05, 3.63) is 78.9 Å². The number of nitrogens with one attached hydrogen (secondary N) is 1. The molecule has 1 N–H and O–H groups in total. The first-order valence-electron chi connectivity index (χ1n) is 9.37. The first kappa shape index (κ1) is 15.4. The predicted octanol–water partition coefficient (Wildman–Crippen LogP) is 5.07. The van der Waals surface area contributed by atoms with E-state index in [0.717, 1.165) is 26.2 Å². The number of hydrogen-bond acceptors (Lipinski definition) is 2. The highest BCUT2D eigenvalue weighted by Crippen LogP contribution is 2.40. The molecule has 0 saturated carbocycles. The van der Waals surface area contributed by atoms with E-state index in [1.54, 1.807) is 0 Å². The Morgan fingerprint density at radius 2 is 1.23 bits per heavy atom. The Bertz CT molecular complexity index is 1070. The summed E-state index contributed by atoms with van der Waals surface area (Å²) in [5.41, 5.74) is 4.03. The van der Waals surface area contributed by atoms with E-state index in [2.05, 4.69) is 89.1 Å². The molecular weight excluding hydrogens is 316 g/mol. The van der Waals surface area contributed by atoms with E-state index >= 15 is 0 Å². The van der Waals surface area contributed by atoms with Gasteiger partial charge in [-0.1, -0.05) is 78.9 Å². The molecule has 0 unspecified atom stereocenters. The van der Waals surface area contributed by atoms with Crippen LogP contribution in [0.15, 0.2) is 78.9 Å². The van der Waals surface area contributed by atoms with Crippen molar-refractivity contribution in [2.75, 3.05) is 31.1 Å². The molecule has 128 valence electrons. The summed E-state index contributed by atoms with van der Waals surface area (Å²) < 4.78 is 0. The van der Waals surface area contributed by atoms with Gasteiger partial charge in [0.1, 0.15) is 0 Å². The highest BCUT2D eigenvalue weighted by atomic mass is 15.2. The van der Waals surface area contributed by atoms with E-state index in [-0.39, 0.29) is 0 Å². The van der Waals surface area contributed by atoms with Gasteiger partial charge in [0.2, 0.25) is 0 Å². The minimum absolute atomic E-state index is 1.04. The average molecular weight is 338 g/mol. The van der Waals surface area contributed by atoms with Crippen LogP contribution in [0, 0.1) is 0 Å². The lowest BCUT2D eigenvalue weighted by Crippen LogP contribution is -2.43. The minimum Gasteiger partial charge on any atom is -0.368 e. The van der Waals surface area contributed by atoms with Crippen LogP contribution in [0.1, 0.15) is 0 Å². The molecule has 1 saturated heterocycles. The number of nitrogens with zero attached hydrogens (tertiary/aromatic N) is 1. The average Bonchev–Trinajstić information content (AvgIpc) is 2.73. The summed E-state index contributed by atoms with van der Waals surface area (Å²) in [5.74, 6) is 0. The van der Waals surface area contributed by atoms with Crippen LogP contribution < -0.4 is 10.2 Å². The second-order valence-electron chi connectivity index (χ2n) is 6.95. The fourth-order valence-corrected chi connectivity index (χ4v) is 4.16. The molecule has 0 amide bonds. The van der Waals surface area contributed by atoms with Gasteiger partial charge in [0, 0.05) is 37.1 Å². The zero-order valence-corrected chi connectivity index (χ0v) is 14.8. The van der Waals surface area contributed by atoms with E-state index in [4.69, 9.17) is 0 Å². The maximum absolute atomic E-state index is 3.48. The van der Waals surface area contributed by atoms with Crippen LogP contribution in [-0.4, -0.2) is 26.2 Å². The molecule has 0 aliphatic carbocycles. The first-order chi connectivity index (χ1) is 12.9. The molecule has 0 radical (unpaired) electrons. The van der Waals surface area contributed by atoms with Crippen LogP contribution in [0.2, 0.25) is 0 Å². The molecule has 4 aromatic rings. The molecule has 0 spiro atoms. The van der Waals surface area contributed by atoms with Gasteiger partial charge in [0.15, 0.2) is 0 Å². The molecule has 5 rings (SSSR count). The molecule has 26 heavy (non-hydrogen) atoms. The largest absolute Gasteiger partial charge is 0.368 e. The Labute approximate surface area is 154 Å². The second kappa shape index (κ2) is 6.47. The van der Waals surface area contributed by atoms with Crippen molar-refractivity contribution in [3.8, 4) is 11.1 Å². The minimum atomic E-state index is 1.04. The summed E-state index contributed by atoms with van der Waals surface area (Å²) in [4.78, 5) is 2.55. The van der Waals surface area contributed by atoms with Crippen LogP contribution in [-0.2, 0) is 0 Å². The highest BCUT2D eigenvalue weighted by molar-refractivity contribution is 6.07. The van der Waals surface area contributed by atoms with Gasteiger partial charge in [-0.2, -0.15) is 0 Å². The van der Waals surface area contributed by atoms with Crippen molar-refractivity contribution in [3.63, 3.8) is 0 Å². The van der Waals surface area contributed by atoms with Crippen molar-refractivity contribution in [2.45, 2.75) is 0 Å². The summed E-state index contributed by atoms with van der Waals surface area (Å²) in [6, 6.07) is 28.7. The predicted molar refractivity (Wildman–Crippen MR) is 112 cm³/mol. The number of rotatable bonds is 2. The fraction of sp³-hybridized carbons (Fsp3) is 0.167. The lowest BCUT2D eigenvalue weighted by atomic mass is 9.93. The summed E-state index contributed by atoms with van der Waals surface area (Å²) in [6.45, 7) is 4.17. The first-order valence-corrected chi connectivity index (χ1v) is 9.37. The van der Waals surface area contributed by atoms with E-state index in [1.807, 2.05) is 0 Å². The molecule has 2 nitrogen and oxygen atoms in total. The standard InChI is InChI=1S/C24H22N2/c1-3-9-20-18(6-1)8-5-11-22(20)23-13-12-19-7-2-4-10-21(19)24(23)26-16-14-25-15-17-26/h1-13,25H,14-17H2. The van der Waals surface area contributed by atoms with Crippen LogP contribution in [0.25, 0.3) is 32.7 Å². The van der Waals surface area contributed by atoms with Crippen LogP contribution in [0.4, 0.5) is 5.69 Å². The summed E-state index contributed by atoms with van der Waals surface area (Å²) in [5, 5.41) is 8.75. The molecule has 0 aromatic heterocycles. The van der Waals surface area contributed by atoms with Crippen LogP contribution in [0.5, 0.6) is 0 Å². The zero-order chi connectivity index (χ0) is 17.3. The van der Waals surface area contributed by atoms with E-state index in [9.17, 15) is 0 Å². The monoisotopic (exact) mass is 338 g/mol. The maximum atomic E-state index is 3.48. The van der Waals surface area contributed by atoms with E-state index in [0.29, 0.717) is 0 Å². The van der Waals surface area contributed by atoms with E-state index in [1.165, 1.54) is 38.4 Å². The van der Waals surface area contributed by atoms with Crippen molar-refractivity contribution < 1.29 is 0 Å². The highest BCUT2D eigenvalue weighted by Gasteiger charge is 2.19. The molecule has 1 aliphatic rings. The van der Waals surface area contributed by atoms with E-state index < -0.39 is 0 Å². The summed E-state index contributed by atoms with van der Waals surface area (Å²) >= 11 is 0. The lowest BCUT2D eigenvalue weighted by Gasteiger charge is -2.32. The number of hydrogen-bond donors (Lipinski definition) is 1. The molecule has 0 bridgehead atoms. The quantitative estimate of drug-likeness (QED) is 0.549. The molecule has 1 aliphatic heterocycles. The zero-order valence-electron chi connectivity index (χ0n) is 14.8. The van der Waals surface area contributed by atoms with Gasteiger partial charge >= 0.3 is 0 Å². The maximum Gasteiger partial charge on any atom is 0.0526 e. The number of piperazine rings is 1. The molecular formula is C24H22N2.